The lowest BCUT2D eigenvalue weighted by Gasteiger charge is -2.32. The van der Waals surface area contributed by atoms with Gasteiger partial charge in [0.05, 0.1) is 0 Å². The Labute approximate surface area is 162 Å². The first-order valence-electron chi connectivity index (χ1n) is 9.53. The predicted octanol–water partition coefficient (Wildman–Crippen LogP) is 2.91. The van der Waals surface area contributed by atoms with E-state index in [-0.39, 0.29) is 11.9 Å². The normalized spacial score (nSPS) is 18.9. The molecule has 1 unspecified atom stereocenters. The second-order valence-corrected chi connectivity index (χ2v) is 7.06. The van der Waals surface area contributed by atoms with Gasteiger partial charge in [0.15, 0.2) is 17.1 Å². The highest BCUT2D eigenvalue weighted by Gasteiger charge is 2.28. The van der Waals surface area contributed by atoms with Crippen LogP contribution >= 0.6 is 0 Å². The number of nitrogens with zero attached hydrogens (tertiary/aromatic N) is 4. The highest BCUT2D eigenvalue weighted by Crippen LogP contribution is 2.33. The number of aromatic nitrogens is 3. The Morgan fingerprint density at radius 2 is 2.00 bits per heavy atom. The van der Waals surface area contributed by atoms with E-state index < -0.39 is 0 Å². The van der Waals surface area contributed by atoms with Crippen LogP contribution < -0.4 is 14.8 Å². The first-order chi connectivity index (χ1) is 13.8. The van der Waals surface area contributed by atoms with Crippen LogP contribution in [0.5, 0.6) is 11.5 Å². The maximum absolute atomic E-state index is 12.8. The summed E-state index contributed by atoms with van der Waals surface area (Å²) in [6.07, 6.45) is 3.89. The summed E-state index contributed by atoms with van der Waals surface area (Å²) in [6.45, 7) is 2.41. The van der Waals surface area contributed by atoms with E-state index in [4.69, 9.17) is 9.47 Å². The number of urea groups is 1. The summed E-state index contributed by atoms with van der Waals surface area (Å²) in [6, 6.07) is 11.2. The van der Waals surface area contributed by atoms with Crippen molar-refractivity contribution in [3.05, 3.63) is 48.4 Å². The number of ether oxygens (including phenoxy) is 2. The number of piperidine rings is 1. The maximum Gasteiger partial charge on any atom is 0.321 e. The molecule has 1 aromatic carbocycles. The smallest absolute Gasteiger partial charge is 0.321 e. The number of amides is 2. The molecule has 1 saturated heterocycles. The fourth-order valence-corrected chi connectivity index (χ4v) is 3.83. The number of hydrogen-bond acceptors (Lipinski definition) is 5. The molecule has 8 nitrogen and oxygen atoms in total. The zero-order valence-electron chi connectivity index (χ0n) is 15.4. The van der Waals surface area contributed by atoms with Crippen LogP contribution in [0.15, 0.2) is 42.6 Å². The Bertz CT molecular complexity index is 1020. The van der Waals surface area contributed by atoms with Crippen LogP contribution in [0.25, 0.3) is 5.65 Å². The van der Waals surface area contributed by atoms with Crippen molar-refractivity contribution in [3.8, 4) is 11.5 Å². The molecule has 1 fully saturated rings. The van der Waals surface area contributed by atoms with Gasteiger partial charge in [-0.3, -0.25) is 4.40 Å². The van der Waals surface area contributed by atoms with E-state index in [9.17, 15) is 4.79 Å². The highest BCUT2D eigenvalue weighted by atomic mass is 16.6. The topological polar surface area (TPSA) is 81.0 Å². The van der Waals surface area contributed by atoms with Crippen LogP contribution in [0.1, 0.15) is 24.6 Å². The van der Waals surface area contributed by atoms with Crippen molar-refractivity contribution in [1.82, 2.24) is 19.5 Å². The van der Waals surface area contributed by atoms with Gasteiger partial charge < -0.3 is 19.7 Å². The van der Waals surface area contributed by atoms with E-state index in [0.717, 1.165) is 30.9 Å². The van der Waals surface area contributed by atoms with Crippen LogP contribution in [-0.2, 0) is 0 Å². The fourth-order valence-electron chi connectivity index (χ4n) is 3.83. The number of carbonyl (C=O) groups is 1. The van der Waals surface area contributed by atoms with Gasteiger partial charge in [-0.15, -0.1) is 10.2 Å². The van der Waals surface area contributed by atoms with Crippen molar-refractivity contribution in [2.24, 2.45) is 0 Å². The highest BCUT2D eigenvalue weighted by molar-refractivity contribution is 5.89. The zero-order valence-corrected chi connectivity index (χ0v) is 15.4. The molecule has 2 amide bonds. The molecule has 3 aromatic rings. The van der Waals surface area contributed by atoms with E-state index in [1.54, 1.807) is 6.07 Å². The van der Waals surface area contributed by atoms with Gasteiger partial charge in [-0.1, -0.05) is 6.07 Å². The Kier molecular flexibility index (Phi) is 4.23. The van der Waals surface area contributed by atoms with Gasteiger partial charge in [0, 0.05) is 37.0 Å². The van der Waals surface area contributed by atoms with Crippen molar-refractivity contribution >= 4 is 17.4 Å². The van der Waals surface area contributed by atoms with Crippen LogP contribution in [0, 0.1) is 0 Å². The lowest BCUT2D eigenvalue weighted by atomic mass is 9.97. The molecule has 8 heteroatoms. The molecule has 1 N–H and O–H groups in total. The Hall–Kier alpha value is -3.29. The van der Waals surface area contributed by atoms with E-state index >= 15 is 0 Å². The van der Waals surface area contributed by atoms with Gasteiger partial charge in [0.2, 0.25) is 0 Å². The van der Waals surface area contributed by atoms with Crippen LogP contribution in [-0.4, -0.2) is 51.8 Å². The summed E-state index contributed by atoms with van der Waals surface area (Å²) in [5.74, 6) is 2.45. The van der Waals surface area contributed by atoms with E-state index in [1.165, 1.54) is 0 Å². The average molecular weight is 379 g/mol. The lowest BCUT2D eigenvalue weighted by molar-refractivity contribution is 0.171. The number of pyridine rings is 1. The largest absolute Gasteiger partial charge is 0.486 e. The van der Waals surface area contributed by atoms with Gasteiger partial charge in [-0.25, -0.2) is 4.79 Å². The summed E-state index contributed by atoms with van der Waals surface area (Å²) in [7, 11) is 0. The molecular formula is C20H21N5O3. The summed E-state index contributed by atoms with van der Waals surface area (Å²) < 4.78 is 13.1. The van der Waals surface area contributed by atoms with Gasteiger partial charge >= 0.3 is 6.03 Å². The second-order valence-electron chi connectivity index (χ2n) is 7.06. The van der Waals surface area contributed by atoms with E-state index in [0.29, 0.717) is 36.9 Å². The molecule has 28 heavy (non-hydrogen) atoms. The van der Waals surface area contributed by atoms with E-state index in [2.05, 4.69) is 15.5 Å². The van der Waals surface area contributed by atoms with Crippen molar-refractivity contribution in [2.75, 3.05) is 31.6 Å². The Morgan fingerprint density at radius 3 is 2.93 bits per heavy atom. The Balaban J connectivity index is 1.30. The van der Waals surface area contributed by atoms with Crippen LogP contribution in [0.2, 0.25) is 0 Å². The molecule has 2 aromatic heterocycles. The number of anilines is 1. The SMILES string of the molecule is O=C(Nc1ccc2c(c1)OCCO2)N1CCCC(c2nnc3ccccn23)C1. The Morgan fingerprint density at radius 1 is 1.11 bits per heavy atom. The van der Waals surface area contributed by atoms with Crippen molar-refractivity contribution in [1.29, 1.82) is 0 Å². The number of fused-ring (bicyclic) bond motifs is 2. The molecule has 2 aliphatic rings. The van der Waals surface area contributed by atoms with E-state index in [1.807, 2.05) is 45.8 Å². The third-order valence-electron chi connectivity index (χ3n) is 5.21. The predicted molar refractivity (Wildman–Crippen MR) is 103 cm³/mol. The number of hydrogen-bond donors (Lipinski definition) is 1. The molecule has 144 valence electrons. The number of carbonyl (C=O) groups excluding carboxylic acids is 1. The molecule has 4 heterocycles. The van der Waals surface area contributed by atoms with Gasteiger partial charge in [-0.2, -0.15) is 0 Å². The first-order valence-corrected chi connectivity index (χ1v) is 9.53. The van der Waals surface area contributed by atoms with Gasteiger partial charge in [-0.05, 0) is 37.1 Å². The van der Waals surface area contributed by atoms with Gasteiger partial charge in [0.25, 0.3) is 0 Å². The molecule has 0 bridgehead atoms. The van der Waals surface area contributed by atoms with Gasteiger partial charge in [0.1, 0.15) is 19.0 Å². The second kappa shape index (κ2) is 7.03. The quantitative estimate of drug-likeness (QED) is 0.740. The minimum Gasteiger partial charge on any atom is -0.486 e. The maximum atomic E-state index is 12.8. The molecule has 2 aliphatic heterocycles. The molecular weight excluding hydrogens is 358 g/mol. The zero-order chi connectivity index (χ0) is 18.9. The third kappa shape index (κ3) is 3.11. The van der Waals surface area contributed by atoms with Crippen LogP contribution in [0.3, 0.4) is 0 Å². The lowest BCUT2D eigenvalue weighted by Crippen LogP contribution is -2.42. The standard InChI is InChI=1S/C20H21N5O3/c26-20(21-15-6-7-16-17(12-15)28-11-10-27-16)24-8-3-4-14(13-24)19-23-22-18-5-1-2-9-25(18)19/h1-2,5-7,9,12,14H,3-4,8,10-11,13H2,(H,21,26). The fraction of sp³-hybridized carbons (Fsp3) is 0.350. The number of likely N-dealkylation sites (tertiary alicyclic amines) is 1. The molecule has 5 rings (SSSR count). The summed E-state index contributed by atoms with van der Waals surface area (Å²) in [4.78, 5) is 14.7. The summed E-state index contributed by atoms with van der Waals surface area (Å²) in [5.41, 5.74) is 1.53. The minimum absolute atomic E-state index is 0.116. The number of rotatable bonds is 2. The molecule has 0 radical (unpaired) electrons. The summed E-state index contributed by atoms with van der Waals surface area (Å²) >= 11 is 0. The third-order valence-corrected chi connectivity index (χ3v) is 5.21. The van der Waals surface area contributed by atoms with Crippen molar-refractivity contribution in [2.45, 2.75) is 18.8 Å². The molecule has 1 atom stereocenters. The number of benzene rings is 1. The van der Waals surface area contributed by atoms with Crippen molar-refractivity contribution in [3.63, 3.8) is 0 Å². The van der Waals surface area contributed by atoms with Crippen molar-refractivity contribution < 1.29 is 14.3 Å². The molecule has 0 saturated carbocycles. The molecule has 0 aliphatic carbocycles. The minimum atomic E-state index is -0.116. The summed E-state index contributed by atoms with van der Waals surface area (Å²) in [5, 5.41) is 11.6. The van der Waals surface area contributed by atoms with Crippen LogP contribution in [0.4, 0.5) is 10.5 Å². The first kappa shape index (κ1) is 16.9. The number of nitrogens with one attached hydrogen (secondary N) is 1. The monoisotopic (exact) mass is 379 g/mol. The average Bonchev–Trinajstić information content (AvgIpc) is 3.18. The molecule has 0 spiro atoms.